The van der Waals surface area contributed by atoms with E-state index in [4.69, 9.17) is 5.73 Å². The molecule has 0 bridgehead atoms. The number of pyridine rings is 1. The third kappa shape index (κ3) is 2.22. The second-order valence-electron chi connectivity index (χ2n) is 3.10. The molecule has 0 unspecified atom stereocenters. The van der Waals surface area contributed by atoms with Crippen LogP contribution in [0.25, 0.3) is 0 Å². The highest BCUT2D eigenvalue weighted by Crippen LogP contribution is 2.13. The molecule has 14 heavy (non-hydrogen) atoms. The van der Waals surface area contributed by atoms with Gasteiger partial charge in [-0.15, -0.1) is 0 Å². The summed E-state index contributed by atoms with van der Waals surface area (Å²) in [5, 5.41) is 2.83. The first kappa shape index (κ1) is 10.5. The number of hydrogen-bond donors (Lipinski definition) is 2. The Balaban J connectivity index is 3.07. The van der Waals surface area contributed by atoms with Crippen LogP contribution >= 0.6 is 0 Å². The number of carbonyl (C=O) groups excluding carboxylic acids is 1. The summed E-state index contributed by atoms with van der Waals surface area (Å²) in [5.41, 5.74) is 6.74. The molecule has 1 aromatic heterocycles. The van der Waals surface area contributed by atoms with Crippen molar-refractivity contribution in [1.29, 1.82) is 0 Å². The zero-order valence-corrected chi connectivity index (χ0v) is 8.50. The van der Waals surface area contributed by atoms with Crippen molar-refractivity contribution in [1.82, 2.24) is 4.98 Å². The zero-order valence-electron chi connectivity index (χ0n) is 8.50. The number of primary amides is 1. The van der Waals surface area contributed by atoms with E-state index in [0.717, 1.165) is 18.4 Å². The van der Waals surface area contributed by atoms with E-state index in [1.54, 1.807) is 19.3 Å². The summed E-state index contributed by atoms with van der Waals surface area (Å²) in [6, 6.07) is 1.80. The second kappa shape index (κ2) is 4.60. The van der Waals surface area contributed by atoms with E-state index in [1.165, 1.54) is 0 Å². The smallest absolute Gasteiger partial charge is 0.252 e. The Bertz CT molecular complexity index is 336. The first-order chi connectivity index (χ1) is 6.69. The third-order valence-corrected chi connectivity index (χ3v) is 1.99. The summed E-state index contributed by atoms with van der Waals surface area (Å²) in [6.45, 7) is 2.08. The monoisotopic (exact) mass is 193 g/mol. The van der Waals surface area contributed by atoms with Gasteiger partial charge in [0.05, 0.1) is 5.56 Å². The van der Waals surface area contributed by atoms with E-state index in [-0.39, 0.29) is 0 Å². The minimum absolute atomic E-state index is 0.445. The van der Waals surface area contributed by atoms with Crippen molar-refractivity contribution in [3.63, 3.8) is 0 Å². The van der Waals surface area contributed by atoms with Gasteiger partial charge in [-0.1, -0.05) is 13.3 Å². The lowest BCUT2D eigenvalue weighted by Gasteiger charge is -2.06. The Kier molecular flexibility index (Phi) is 3.45. The van der Waals surface area contributed by atoms with E-state index < -0.39 is 5.91 Å². The van der Waals surface area contributed by atoms with Gasteiger partial charge in [-0.05, 0) is 18.1 Å². The number of aromatic nitrogens is 1. The molecule has 3 N–H and O–H groups in total. The number of nitrogens with zero attached hydrogens (tertiary/aromatic N) is 1. The molecule has 0 saturated heterocycles. The predicted molar refractivity (Wildman–Crippen MR) is 56.3 cm³/mol. The predicted octanol–water partition coefficient (Wildman–Crippen LogP) is 1.17. The van der Waals surface area contributed by atoms with Gasteiger partial charge < -0.3 is 11.1 Å². The quantitative estimate of drug-likeness (QED) is 0.754. The highest BCUT2D eigenvalue weighted by atomic mass is 16.1. The van der Waals surface area contributed by atoms with Crippen LogP contribution in [0.5, 0.6) is 0 Å². The van der Waals surface area contributed by atoms with E-state index in [9.17, 15) is 4.79 Å². The normalized spacial score (nSPS) is 9.86. The highest BCUT2D eigenvalue weighted by Gasteiger charge is 2.08. The van der Waals surface area contributed by atoms with E-state index >= 15 is 0 Å². The summed E-state index contributed by atoms with van der Waals surface area (Å²) in [7, 11) is 1.72. The average molecular weight is 193 g/mol. The molecule has 0 fully saturated rings. The maximum atomic E-state index is 11.1. The van der Waals surface area contributed by atoms with Crippen LogP contribution in [-0.2, 0) is 6.42 Å². The fourth-order valence-electron chi connectivity index (χ4n) is 1.32. The van der Waals surface area contributed by atoms with E-state index in [2.05, 4.69) is 17.2 Å². The average Bonchev–Trinajstić information content (AvgIpc) is 2.18. The maximum Gasteiger partial charge on any atom is 0.252 e. The third-order valence-electron chi connectivity index (χ3n) is 1.99. The molecule has 76 valence electrons. The van der Waals surface area contributed by atoms with Crippen molar-refractivity contribution in [2.75, 3.05) is 12.4 Å². The molecule has 0 aliphatic rings. The van der Waals surface area contributed by atoms with Gasteiger partial charge in [-0.25, -0.2) is 4.98 Å². The molecule has 1 rings (SSSR count). The standard InChI is InChI=1S/C10H15N3O/c1-3-4-7-5-8(9(11)14)10(12-2)13-6-7/h5-6H,3-4H2,1-2H3,(H2,11,14)(H,12,13). The van der Waals surface area contributed by atoms with Gasteiger partial charge in [-0.3, -0.25) is 4.79 Å². The molecular weight excluding hydrogens is 178 g/mol. The highest BCUT2D eigenvalue weighted by molar-refractivity contribution is 5.97. The molecule has 1 amide bonds. The number of rotatable bonds is 4. The fourth-order valence-corrected chi connectivity index (χ4v) is 1.32. The van der Waals surface area contributed by atoms with Gasteiger partial charge in [0.1, 0.15) is 5.82 Å². The van der Waals surface area contributed by atoms with Crippen LogP contribution in [0.15, 0.2) is 12.3 Å². The SMILES string of the molecule is CCCc1cnc(NC)c(C(N)=O)c1. The van der Waals surface area contributed by atoms with Crippen molar-refractivity contribution < 1.29 is 4.79 Å². The van der Waals surface area contributed by atoms with Crippen molar-refractivity contribution in [2.45, 2.75) is 19.8 Å². The maximum absolute atomic E-state index is 11.1. The molecule has 1 heterocycles. The molecule has 0 atom stereocenters. The van der Waals surface area contributed by atoms with Crippen LogP contribution < -0.4 is 11.1 Å². The Morgan fingerprint density at radius 3 is 2.86 bits per heavy atom. The van der Waals surface area contributed by atoms with Gasteiger partial charge in [0, 0.05) is 13.2 Å². The lowest BCUT2D eigenvalue weighted by molar-refractivity contribution is 0.100. The summed E-state index contributed by atoms with van der Waals surface area (Å²) in [6.07, 6.45) is 3.71. The topological polar surface area (TPSA) is 68.0 Å². The van der Waals surface area contributed by atoms with Gasteiger partial charge in [0.25, 0.3) is 5.91 Å². The Morgan fingerprint density at radius 2 is 2.36 bits per heavy atom. The molecule has 4 heteroatoms. The molecule has 0 saturated carbocycles. The number of carbonyl (C=O) groups is 1. The Hall–Kier alpha value is -1.58. The van der Waals surface area contributed by atoms with Crippen LogP contribution in [-0.4, -0.2) is 17.9 Å². The summed E-state index contributed by atoms with van der Waals surface area (Å²) in [5.74, 6) is 0.0946. The fraction of sp³-hybridized carbons (Fsp3) is 0.400. The number of nitrogens with two attached hydrogens (primary N) is 1. The van der Waals surface area contributed by atoms with Crippen LogP contribution in [0.3, 0.4) is 0 Å². The lowest BCUT2D eigenvalue weighted by Crippen LogP contribution is -2.14. The lowest BCUT2D eigenvalue weighted by atomic mass is 10.1. The molecule has 0 aliphatic heterocycles. The first-order valence-corrected chi connectivity index (χ1v) is 4.65. The molecule has 0 aromatic carbocycles. The molecule has 1 aromatic rings. The minimum atomic E-state index is -0.445. The van der Waals surface area contributed by atoms with Gasteiger partial charge in [0.15, 0.2) is 0 Å². The van der Waals surface area contributed by atoms with Crippen molar-refractivity contribution in [3.05, 3.63) is 23.4 Å². The number of nitrogens with one attached hydrogen (secondary N) is 1. The van der Waals surface area contributed by atoms with Crippen LogP contribution in [0.4, 0.5) is 5.82 Å². The Morgan fingerprint density at radius 1 is 1.64 bits per heavy atom. The number of hydrogen-bond acceptors (Lipinski definition) is 3. The number of amides is 1. The van der Waals surface area contributed by atoms with E-state index in [1.807, 2.05) is 0 Å². The van der Waals surface area contributed by atoms with Crippen LogP contribution in [0.1, 0.15) is 29.3 Å². The molecular formula is C10H15N3O. The van der Waals surface area contributed by atoms with Crippen LogP contribution in [0, 0.1) is 0 Å². The zero-order chi connectivity index (χ0) is 10.6. The van der Waals surface area contributed by atoms with E-state index in [0.29, 0.717) is 11.4 Å². The minimum Gasteiger partial charge on any atom is -0.372 e. The van der Waals surface area contributed by atoms with Crippen LogP contribution in [0.2, 0.25) is 0 Å². The van der Waals surface area contributed by atoms with Gasteiger partial charge in [0.2, 0.25) is 0 Å². The van der Waals surface area contributed by atoms with Crippen molar-refractivity contribution in [2.24, 2.45) is 5.73 Å². The number of anilines is 1. The molecule has 0 spiro atoms. The summed E-state index contributed by atoms with van der Waals surface area (Å²) < 4.78 is 0. The molecule has 4 nitrogen and oxygen atoms in total. The molecule has 0 radical (unpaired) electrons. The van der Waals surface area contributed by atoms with Gasteiger partial charge >= 0.3 is 0 Å². The largest absolute Gasteiger partial charge is 0.372 e. The van der Waals surface area contributed by atoms with Crippen molar-refractivity contribution >= 4 is 11.7 Å². The number of aryl methyl sites for hydroxylation is 1. The molecule has 0 aliphatic carbocycles. The summed E-state index contributed by atoms with van der Waals surface area (Å²) >= 11 is 0. The summed E-state index contributed by atoms with van der Waals surface area (Å²) in [4.78, 5) is 15.2. The first-order valence-electron chi connectivity index (χ1n) is 4.65. The second-order valence-corrected chi connectivity index (χ2v) is 3.10. The Labute approximate surface area is 83.5 Å². The van der Waals surface area contributed by atoms with Gasteiger partial charge in [-0.2, -0.15) is 0 Å². The van der Waals surface area contributed by atoms with Crippen molar-refractivity contribution in [3.8, 4) is 0 Å².